The molecule has 1 aliphatic rings. The molecule has 2 heterocycles. The summed E-state index contributed by atoms with van der Waals surface area (Å²) >= 11 is 5.97. The standard InChI is InChI=1S/C23H24ClN3O3/c24-18-5-4-8-21(13-18)29-12-10-19-14-22(26-25-19)17-9-11-27(15-17)23(28)16-30-20-6-2-1-3-7-20/h1-8,13-14,17H,9-12,15-16H2,(H,25,26)/t17-/m0/s1. The summed E-state index contributed by atoms with van der Waals surface area (Å²) in [7, 11) is 0. The van der Waals surface area contributed by atoms with Crippen molar-refractivity contribution >= 4 is 17.5 Å². The van der Waals surface area contributed by atoms with E-state index in [2.05, 4.69) is 16.3 Å². The van der Waals surface area contributed by atoms with Crippen molar-refractivity contribution in [2.24, 2.45) is 0 Å². The largest absolute Gasteiger partial charge is 0.493 e. The van der Waals surface area contributed by atoms with Crippen molar-refractivity contribution in [1.82, 2.24) is 15.1 Å². The van der Waals surface area contributed by atoms with Crippen LogP contribution >= 0.6 is 11.6 Å². The van der Waals surface area contributed by atoms with Crippen molar-refractivity contribution in [3.8, 4) is 11.5 Å². The van der Waals surface area contributed by atoms with Crippen LogP contribution in [-0.4, -0.2) is 47.3 Å². The molecule has 6 nitrogen and oxygen atoms in total. The number of H-pyrrole nitrogens is 1. The molecule has 1 N–H and O–H groups in total. The van der Waals surface area contributed by atoms with Crippen LogP contribution in [-0.2, 0) is 11.2 Å². The van der Waals surface area contributed by atoms with Gasteiger partial charge in [0.1, 0.15) is 11.5 Å². The van der Waals surface area contributed by atoms with Crippen molar-refractivity contribution in [2.45, 2.75) is 18.8 Å². The number of benzene rings is 2. The fourth-order valence-electron chi connectivity index (χ4n) is 3.53. The number of aromatic nitrogens is 2. The Labute approximate surface area is 180 Å². The molecule has 1 fully saturated rings. The molecule has 0 aliphatic carbocycles. The highest BCUT2D eigenvalue weighted by molar-refractivity contribution is 6.30. The SMILES string of the molecule is O=C(COc1ccccc1)N1CC[C@H](c2cc(CCOc3cccc(Cl)c3)[nH]n2)C1. The third kappa shape index (κ3) is 5.33. The second kappa shape index (κ2) is 9.67. The summed E-state index contributed by atoms with van der Waals surface area (Å²) < 4.78 is 11.3. The summed E-state index contributed by atoms with van der Waals surface area (Å²) in [5.41, 5.74) is 2.01. The molecule has 1 amide bonds. The Morgan fingerprint density at radius 2 is 1.93 bits per heavy atom. The Hall–Kier alpha value is -2.99. The molecular formula is C23H24ClN3O3. The smallest absolute Gasteiger partial charge is 0.260 e. The molecule has 1 saturated heterocycles. The van der Waals surface area contributed by atoms with Crippen molar-refractivity contribution in [2.75, 3.05) is 26.3 Å². The first-order valence-electron chi connectivity index (χ1n) is 10.1. The van der Waals surface area contributed by atoms with Crippen LogP contribution < -0.4 is 9.47 Å². The lowest BCUT2D eigenvalue weighted by atomic mass is 10.0. The van der Waals surface area contributed by atoms with Gasteiger partial charge in [0.05, 0.1) is 12.3 Å². The number of para-hydroxylation sites is 1. The van der Waals surface area contributed by atoms with Crippen LogP contribution in [0.2, 0.25) is 5.02 Å². The van der Waals surface area contributed by atoms with Gasteiger partial charge in [-0.15, -0.1) is 0 Å². The third-order valence-corrected chi connectivity index (χ3v) is 5.39. The third-order valence-electron chi connectivity index (χ3n) is 5.15. The lowest BCUT2D eigenvalue weighted by molar-refractivity contribution is -0.132. The number of amides is 1. The molecular weight excluding hydrogens is 402 g/mol. The first-order valence-corrected chi connectivity index (χ1v) is 10.4. The van der Waals surface area contributed by atoms with Crippen molar-refractivity contribution in [3.05, 3.63) is 77.1 Å². The van der Waals surface area contributed by atoms with Crippen LogP contribution in [0.4, 0.5) is 0 Å². The van der Waals surface area contributed by atoms with Gasteiger partial charge in [-0.05, 0) is 42.8 Å². The van der Waals surface area contributed by atoms with Crippen LogP contribution in [0.1, 0.15) is 23.7 Å². The van der Waals surface area contributed by atoms with Crippen LogP contribution in [0.5, 0.6) is 11.5 Å². The predicted octanol–water partition coefficient (Wildman–Crippen LogP) is 4.08. The zero-order chi connectivity index (χ0) is 20.8. The summed E-state index contributed by atoms with van der Waals surface area (Å²) in [6.45, 7) is 1.99. The number of hydrogen-bond donors (Lipinski definition) is 1. The van der Waals surface area contributed by atoms with Crippen LogP contribution in [0.3, 0.4) is 0 Å². The normalized spacial score (nSPS) is 15.9. The zero-order valence-electron chi connectivity index (χ0n) is 16.6. The Bertz CT molecular complexity index is 977. The Morgan fingerprint density at radius 1 is 1.10 bits per heavy atom. The molecule has 156 valence electrons. The number of aromatic amines is 1. The van der Waals surface area contributed by atoms with E-state index < -0.39 is 0 Å². The van der Waals surface area contributed by atoms with Gasteiger partial charge in [-0.3, -0.25) is 9.89 Å². The average molecular weight is 426 g/mol. The number of carbonyl (C=O) groups is 1. The van der Waals surface area contributed by atoms with E-state index in [0.717, 1.165) is 36.5 Å². The summed E-state index contributed by atoms with van der Waals surface area (Å²) in [5.74, 6) is 1.71. The van der Waals surface area contributed by atoms with E-state index in [1.54, 1.807) is 6.07 Å². The van der Waals surface area contributed by atoms with Crippen molar-refractivity contribution in [3.63, 3.8) is 0 Å². The Balaban J connectivity index is 1.23. The fourth-order valence-corrected chi connectivity index (χ4v) is 3.71. The molecule has 0 bridgehead atoms. The van der Waals surface area contributed by atoms with E-state index in [9.17, 15) is 4.79 Å². The predicted molar refractivity (Wildman–Crippen MR) is 115 cm³/mol. The Morgan fingerprint density at radius 3 is 2.77 bits per heavy atom. The molecule has 0 saturated carbocycles. The maximum atomic E-state index is 12.4. The maximum Gasteiger partial charge on any atom is 0.260 e. The summed E-state index contributed by atoms with van der Waals surface area (Å²) in [4.78, 5) is 14.3. The highest BCUT2D eigenvalue weighted by atomic mass is 35.5. The van der Waals surface area contributed by atoms with Gasteiger partial charge in [-0.25, -0.2) is 0 Å². The molecule has 7 heteroatoms. The topological polar surface area (TPSA) is 67.4 Å². The number of nitrogens with zero attached hydrogens (tertiary/aromatic N) is 2. The van der Waals surface area contributed by atoms with E-state index in [1.807, 2.05) is 53.4 Å². The minimum Gasteiger partial charge on any atom is -0.493 e. The van der Waals surface area contributed by atoms with Crippen LogP contribution in [0, 0.1) is 0 Å². The summed E-state index contributed by atoms with van der Waals surface area (Å²) in [6.07, 6.45) is 1.63. The average Bonchev–Trinajstić information content (AvgIpc) is 3.43. The lowest BCUT2D eigenvalue weighted by Gasteiger charge is -2.16. The van der Waals surface area contributed by atoms with Gasteiger partial charge in [-0.2, -0.15) is 5.10 Å². The van der Waals surface area contributed by atoms with E-state index in [1.165, 1.54) is 0 Å². The number of ether oxygens (including phenoxy) is 2. The van der Waals surface area contributed by atoms with Gasteiger partial charge < -0.3 is 14.4 Å². The van der Waals surface area contributed by atoms with Gasteiger partial charge in [-0.1, -0.05) is 35.9 Å². The fraction of sp³-hybridized carbons (Fsp3) is 0.304. The van der Waals surface area contributed by atoms with Crippen molar-refractivity contribution in [1.29, 1.82) is 0 Å². The first-order chi connectivity index (χ1) is 14.7. The van der Waals surface area contributed by atoms with Gasteiger partial charge in [0, 0.05) is 36.1 Å². The molecule has 0 unspecified atom stereocenters. The molecule has 2 aromatic carbocycles. The molecule has 1 aromatic heterocycles. The van der Waals surface area contributed by atoms with Crippen LogP contribution in [0.15, 0.2) is 60.7 Å². The second-order valence-corrected chi connectivity index (χ2v) is 7.74. The highest BCUT2D eigenvalue weighted by Crippen LogP contribution is 2.26. The first kappa shape index (κ1) is 20.3. The molecule has 1 atom stereocenters. The highest BCUT2D eigenvalue weighted by Gasteiger charge is 2.29. The molecule has 30 heavy (non-hydrogen) atoms. The number of hydrogen-bond acceptors (Lipinski definition) is 4. The second-order valence-electron chi connectivity index (χ2n) is 7.30. The molecule has 4 rings (SSSR count). The number of nitrogens with one attached hydrogen (secondary N) is 1. The van der Waals surface area contributed by atoms with Gasteiger partial charge in [0.15, 0.2) is 6.61 Å². The number of halogens is 1. The molecule has 1 aliphatic heterocycles. The van der Waals surface area contributed by atoms with Crippen LogP contribution in [0.25, 0.3) is 0 Å². The quantitative estimate of drug-likeness (QED) is 0.590. The molecule has 3 aromatic rings. The van der Waals surface area contributed by atoms with E-state index in [-0.39, 0.29) is 18.4 Å². The van der Waals surface area contributed by atoms with E-state index >= 15 is 0 Å². The van der Waals surface area contributed by atoms with E-state index in [4.69, 9.17) is 21.1 Å². The van der Waals surface area contributed by atoms with Crippen molar-refractivity contribution < 1.29 is 14.3 Å². The summed E-state index contributed by atoms with van der Waals surface area (Å²) in [5, 5.41) is 8.20. The number of rotatable bonds is 8. The molecule has 0 spiro atoms. The number of likely N-dealkylation sites (tertiary alicyclic amines) is 1. The molecule has 0 radical (unpaired) electrons. The monoisotopic (exact) mass is 425 g/mol. The van der Waals surface area contributed by atoms with Gasteiger partial charge in [0.25, 0.3) is 5.91 Å². The zero-order valence-corrected chi connectivity index (χ0v) is 17.3. The number of carbonyl (C=O) groups excluding carboxylic acids is 1. The summed E-state index contributed by atoms with van der Waals surface area (Å²) in [6, 6.07) is 18.8. The Kier molecular flexibility index (Phi) is 6.54. The maximum absolute atomic E-state index is 12.4. The van der Waals surface area contributed by atoms with Gasteiger partial charge in [0.2, 0.25) is 0 Å². The van der Waals surface area contributed by atoms with Gasteiger partial charge >= 0.3 is 0 Å². The van der Waals surface area contributed by atoms with E-state index in [0.29, 0.717) is 23.9 Å². The lowest BCUT2D eigenvalue weighted by Crippen LogP contribution is -2.32. The minimum absolute atomic E-state index is 0.00651. The minimum atomic E-state index is 0.00651.